The third-order valence-corrected chi connectivity index (χ3v) is 2.11. The molecule has 0 aromatic heterocycles. The number of hydrogen-bond donors (Lipinski definition) is 0. The van der Waals surface area contributed by atoms with Crippen LogP contribution in [0.5, 0.6) is 0 Å². The summed E-state index contributed by atoms with van der Waals surface area (Å²) in [5, 5.41) is 0.916. The molecule has 0 N–H and O–H groups in total. The molecule has 0 bridgehead atoms. The van der Waals surface area contributed by atoms with Gasteiger partial charge in [0.25, 0.3) is 0 Å². The molecule has 1 rings (SSSR count). The zero-order valence-corrected chi connectivity index (χ0v) is 5.39. The van der Waals surface area contributed by atoms with Gasteiger partial charge in [0.1, 0.15) is 0 Å². The second-order valence-corrected chi connectivity index (χ2v) is 3.51. The van der Waals surface area contributed by atoms with E-state index in [9.17, 15) is 13.2 Å². The van der Waals surface area contributed by atoms with Crippen molar-refractivity contribution in [3.8, 4) is 0 Å². The highest BCUT2D eigenvalue weighted by Crippen LogP contribution is 2.08. The van der Waals surface area contributed by atoms with E-state index in [4.69, 9.17) is 0 Å². The quantitative estimate of drug-likeness (QED) is 0.484. The van der Waals surface area contributed by atoms with E-state index in [1.54, 1.807) is 0 Å². The number of hydrogen-bond acceptors (Lipinski definition) is 3. The fourth-order valence-electron chi connectivity index (χ4n) is 0.493. The summed E-state index contributed by atoms with van der Waals surface area (Å²) in [5.41, 5.74) is 0. The van der Waals surface area contributed by atoms with Gasteiger partial charge in [-0.3, -0.25) is 4.79 Å². The summed E-state index contributed by atoms with van der Waals surface area (Å²) in [7, 11) is -3.14. The highest BCUT2D eigenvalue weighted by atomic mass is 32.2. The molecule has 0 aliphatic carbocycles. The summed E-state index contributed by atoms with van der Waals surface area (Å²) in [6.07, 6.45) is 1.09. The normalized spacial score (nSPS) is 24.2. The van der Waals surface area contributed by atoms with E-state index in [0.29, 0.717) is 0 Å². The Morgan fingerprint density at radius 2 is 2.11 bits per heavy atom. The number of allylic oxidation sites excluding steroid dienone is 1. The highest BCUT2D eigenvalue weighted by Gasteiger charge is 2.14. The topological polar surface area (TPSA) is 51.2 Å². The Morgan fingerprint density at radius 1 is 1.44 bits per heavy atom. The van der Waals surface area contributed by atoms with Crippen LogP contribution < -0.4 is 0 Å². The average Bonchev–Trinajstić information content (AvgIpc) is 1.78. The van der Waals surface area contributed by atoms with Crippen LogP contribution >= 0.6 is 0 Å². The zero-order valence-electron chi connectivity index (χ0n) is 4.57. The number of rotatable bonds is 0. The predicted molar refractivity (Wildman–Crippen MR) is 32.0 cm³/mol. The second-order valence-electron chi connectivity index (χ2n) is 1.73. The minimum atomic E-state index is -3.14. The molecule has 1 heterocycles. The van der Waals surface area contributed by atoms with Crippen LogP contribution in [-0.4, -0.2) is 14.2 Å². The van der Waals surface area contributed by atoms with Crippen LogP contribution in [0.1, 0.15) is 6.42 Å². The van der Waals surface area contributed by atoms with E-state index in [1.165, 1.54) is 0 Å². The molecule has 0 unspecified atom stereocenters. The van der Waals surface area contributed by atoms with Gasteiger partial charge >= 0.3 is 0 Å². The maximum absolute atomic E-state index is 10.5. The first-order valence-electron chi connectivity index (χ1n) is 2.39. The van der Waals surface area contributed by atoms with Gasteiger partial charge in [0.15, 0.2) is 15.6 Å². The largest absolute Gasteiger partial charge is 0.295 e. The lowest BCUT2D eigenvalue weighted by atomic mass is 10.3. The van der Waals surface area contributed by atoms with Crippen LogP contribution in [0, 0.1) is 5.75 Å². The highest BCUT2D eigenvalue weighted by molar-refractivity contribution is 7.96. The van der Waals surface area contributed by atoms with Gasteiger partial charge in [-0.25, -0.2) is 8.42 Å². The number of sulfone groups is 1. The van der Waals surface area contributed by atoms with Gasteiger partial charge in [-0.15, -0.1) is 0 Å². The van der Waals surface area contributed by atoms with Crippen molar-refractivity contribution in [3.05, 3.63) is 17.2 Å². The lowest BCUT2D eigenvalue weighted by Gasteiger charge is -1.99. The van der Waals surface area contributed by atoms with Crippen molar-refractivity contribution in [2.45, 2.75) is 6.42 Å². The van der Waals surface area contributed by atoms with Crippen molar-refractivity contribution in [1.82, 2.24) is 0 Å². The van der Waals surface area contributed by atoms with Crippen LogP contribution in [0.2, 0.25) is 0 Å². The first kappa shape index (κ1) is 6.48. The molecule has 0 saturated carbocycles. The van der Waals surface area contributed by atoms with Crippen molar-refractivity contribution in [2.24, 2.45) is 0 Å². The fourth-order valence-corrected chi connectivity index (χ4v) is 1.34. The molecule has 0 spiro atoms. The van der Waals surface area contributed by atoms with Crippen LogP contribution in [-0.2, 0) is 14.6 Å². The van der Waals surface area contributed by atoms with Gasteiger partial charge in [0, 0.05) is 11.8 Å². The maximum atomic E-state index is 10.5. The summed E-state index contributed by atoms with van der Waals surface area (Å²) < 4.78 is 21.0. The first-order valence-corrected chi connectivity index (χ1v) is 4.00. The minimum Gasteiger partial charge on any atom is -0.295 e. The Balaban J connectivity index is 2.95. The number of carbonyl (C=O) groups excluding carboxylic acids is 1. The van der Waals surface area contributed by atoms with Crippen molar-refractivity contribution < 1.29 is 13.2 Å². The molecule has 3 nitrogen and oxygen atoms in total. The van der Waals surface area contributed by atoms with E-state index in [0.717, 1.165) is 17.2 Å². The SMILES string of the molecule is O=C1C=CS(=O)(=O)[CH]C1. The molecule has 0 aromatic carbocycles. The van der Waals surface area contributed by atoms with E-state index >= 15 is 0 Å². The first-order chi connectivity index (χ1) is 4.10. The molecule has 9 heavy (non-hydrogen) atoms. The molecule has 0 amide bonds. The van der Waals surface area contributed by atoms with Crippen LogP contribution in [0.15, 0.2) is 11.5 Å². The molecule has 1 aliphatic rings. The van der Waals surface area contributed by atoms with Crippen molar-refractivity contribution in [1.29, 1.82) is 0 Å². The van der Waals surface area contributed by atoms with E-state index < -0.39 is 9.84 Å². The number of ketones is 1. The minimum absolute atomic E-state index is 0.0127. The van der Waals surface area contributed by atoms with Crippen molar-refractivity contribution in [2.75, 3.05) is 0 Å². The standard InChI is InChI=1S/C5H5O3S/c6-5-1-3-9(7,8)4-2-5/h1,3-4H,2H2. The molecule has 0 saturated heterocycles. The Hall–Kier alpha value is -0.640. The second kappa shape index (κ2) is 1.95. The average molecular weight is 145 g/mol. The summed E-state index contributed by atoms with van der Waals surface area (Å²) >= 11 is 0. The third kappa shape index (κ3) is 1.64. The van der Waals surface area contributed by atoms with Gasteiger partial charge in [-0.05, 0) is 6.08 Å². The molecule has 0 aromatic rings. The van der Waals surface area contributed by atoms with Gasteiger partial charge in [0.2, 0.25) is 0 Å². The summed E-state index contributed by atoms with van der Waals surface area (Å²) in [5.74, 6) is 0.847. The van der Waals surface area contributed by atoms with E-state index in [1.807, 2.05) is 0 Å². The monoisotopic (exact) mass is 145 g/mol. The zero-order chi connectivity index (χ0) is 6.91. The lowest BCUT2D eigenvalue weighted by molar-refractivity contribution is -0.114. The van der Waals surface area contributed by atoms with Crippen LogP contribution in [0.3, 0.4) is 0 Å². The fraction of sp³-hybridized carbons (Fsp3) is 0.200. The third-order valence-electron chi connectivity index (χ3n) is 0.960. The molecule has 1 aliphatic heterocycles. The van der Waals surface area contributed by atoms with Crippen LogP contribution in [0.25, 0.3) is 0 Å². The number of carbonyl (C=O) groups is 1. The molecule has 0 atom stereocenters. The Bertz CT molecular complexity index is 247. The molecular weight excluding hydrogens is 140 g/mol. The van der Waals surface area contributed by atoms with Gasteiger partial charge in [0.05, 0.1) is 5.75 Å². The Labute approximate surface area is 53.3 Å². The summed E-state index contributed by atoms with van der Waals surface area (Å²) in [6.45, 7) is 0. The maximum Gasteiger partial charge on any atom is 0.176 e. The van der Waals surface area contributed by atoms with E-state index in [2.05, 4.69) is 0 Å². The van der Waals surface area contributed by atoms with Crippen LogP contribution in [0.4, 0.5) is 0 Å². The summed E-state index contributed by atoms with van der Waals surface area (Å²) in [6, 6.07) is 0. The molecular formula is C5H5O3S. The van der Waals surface area contributed by atoms with Gasteiger partial charge in [-0.2, -0.15) is 0 Å². The molecule has 1 radical (unpaired) electrons. The molecule has 0 fully saturated rings. The smallest absolute Gasteiger partial charge is 0.176 e. The Morgan fingerprint density at radius 3 is 2.44 bits per heavy atom. The lowest BCUT2D eigenvalue weighted by Crippen LogP contribution is -2.07. The van der Waals surface area contributed by atoms with Gasteiger partial charge < -0.3 is 0 Å². The predicted octanol–water partition coefficient (Wildman–Crippen LogP) is 0.0495. The molecule has 4 heteroatoms. The van der Waals surface area contributed by atoms with Crippen molar-refractivity contribution in [3.63, 3.8) is 0 Å². The molecule has 49 valence electrons. The van der Waals surface area contributed by atoms with Gasteiger partial charge in [-0.1, -0.05) is 0 Å². The Kier molecular flexibility index (Phi) is 1.40. The van der Waals surface area contributed by atoms with Crippen molar-refractivity contribution >= 4 is 15.6 Å². The summed E-state index contributed by atoms with van der Waals surface area (Å²) in [4.78, 5) is 10.4. The van der Waals surface area contributed by atoms with E-state index in [-0.39, 0.29) is 12.2 Å².